The van der Waals surface area contributed by atoms with Crippen LogP contribution in [0.15, 0.2) is 23.0 Å². The Kier molecular flexibility index (Phi) is 6.88. The number of benzene rings is 1. The smallest absolute Gasteiger partial charge is 0.278 e. The number of carbonyl (C=O) groups excluding carboxylic acids is 1. The van der Waals surface area contributed by atoms with Crippen molar-refractivity contribution in [2.45, 2.75) is 32.4 Å². The molecule has 0 unspecified atom stereocenters. The van der Waals surface area contributed by atoms with Gasteiger partial charge in [-0.05, 0) is 60.6 Å². The normalized spacial score (nSPS) is 13.8. The third-order valence-electron chi connectivity index (χ3n) is 4.67. The molecule has 0 bridgehead atoms. The first kappa shape index (κ1) is 21.7. The number of pyridine rings is 1. The fourth-order valence-electron chi connectivity index (χ4n) is 3.23. The molecule has 0 saturated heterocycles. The molecule has 2 aromatic rings. The highest BCUT2D eigenvalue weighted by atomic mass is 127. The summed E-state index contributed by atoms with van der Waals surface area (Å²) >= 11 is 1.99. The molecule has 1 aliphatic rings. The van der Waals surface area contributed by atoms with Crippen molar-refractivity contribution in [2.75, 3.05) is 18.5 Å². The molecule has 156 valence electrons. The summed E-state index contributed by atoms with van der Waals surface area (Å²) in [5.74, 6) is -1.14. The lowest BCUT2D eigenvalue weighted by atomic mass is 10.0. The average molecular weight is 517 g/mol. The van der Waals surface area contributed by atoms with Crippen LogP contribution in [0, 0.1) is 16.3 Å². The van der Waals surface area contributed by atoms with Crippen LogP contribution in [0.3, 0.4) is 0 Å². The van der Waals surface area contributed by atoms with Gasteiger partial charge in [-0.1, -0.05) is 0 Å². The van der Waals surface area contributed by atoms with Crippen molar-refractivity contribution in [1.29, 1.82) is 0 Å². The quantitative estimate of drug-likeness (QED) is 0.328. The van der Waals surface area contributed by atoms with Crippen molar-refractivity contribution in [3.05, 3.63) is 54.8 Å². The van der Waals surface area contributed by atoms with Gasteiger partial charge in [0.15, 0.2) is 0 Å². The van der Waals surface area contributed by atoms with Gasteiger partial charge in [-0.3, -0.25) is 14.4 Å². The molecule has 10 heteroatoms. The number of fused-ring (bicyclic) bond motifs is 1. The van der Waals surface area contributed by atoms with Gasteiger partial charge in [0.25, 0.3) is 11.5 Å². The van der Waals surface area contributed by atoms with E-state index in [2.05, 4.69) is 10.8 Å². The fraction of sp³-hybridized carbons (Fsp3) is 0.368. The lowest BCUT2D eigenvalue weighted by Crippen LogP contribution is -2.33. The first-order chi connectivity index (χ1) is 13.8. The Hall–Kier alpha value is -2.02. The number of nitrogens with one attached hydrogen (secondary N) is 2. The van der Waals surface area contributed by atoms with Crippen LogP contribution in [0.1, 0.15) is 28.0 Å². The molecule has 0 spiro atoms. The Bertz CT molecular complexity index is 995. The number of anilines is 2. The molecule has 2 heterocycles. The minimum absolute atomic E-state index is 0.140. The van der Waals surface area contributed by atoms with Crippen LogP contribution in [-0.4, -0.2) is 40.0 Å². The third kappa shape index (κ3) is 4.60. The predicted molar refractivity (Wildman–Crippen MR) is 113 cm³/mol. The van der Waals surface area contributed by atoms with E-state index in [0.717, 1.165) is 0 Å². The Balaban J connectivity index is 2.01. The minimum atomic E-state index is -1.14. The number of hydrogen-bond acceptors (Lipinski definition) is 6. The number of amides is 1. The number of hydrogen-bond donors (Lipinski definition) is 4. The van der Waals surface area contributed by atoms with Gasteiger partial charge in [0.2, 0.25) is 0 Å². The summed E-state index contributed by atoms with van der Waals surface area (Å²) < 4.78 is 16.6. The van der Waals surface area contributed by atoms with Gasteiger partial charge in [0.05, 0.1) is 23.5 Å². The highest BCUT2D eigenvalue weighted by Crippen LogP contribution is 2.30. The molecule has 0 radical (unpaired) electrons. The van der Waals surface area contributed by atoms with Crippen LogP contribution < -0.4 is 16.4 Å². The molecule has 1 amide bonds. The molecule has 1 atom stereocenters. The van der Waals surface area contributed by atoms with Crippen molar-refractivity contribution in [3.8, 4) is 0 Å². The van der Waals surface area contributed by atoms with Crippen LogP contribution in [-0.2, 0) is 17.8 Å². The molecule has 4 N–H and O–H groups in total. The highest BCUT2D eigenvalue weighted by molar-refractivity contribution is 14.1. The van der Waals surface area contributed by atoms with Crippen molar-refractivity contribution in [3.63, 3.8) is 0 Å². The minimum Gasteiger partial charge on any atom is -0.394 e. The molecular formula is C19H21FIN3O5. The molecule has 1 aliphatic heterocycles. The lowest BCUT2D eigenvalue weighted by Gasteiger charge is -2.19. The van der Waals surface area contributed by atoms with Gasteiger partial charge >= 0.3 is 0 Å². The van der Waals surface area contributed by atoms with Gasteiger partial charge in [0.1, 0.15) is 18.5 Å². The van der Waals surface area contributed by atoms with Gasteiger partial charge in [-0.25, -0.2) is 9.87 Å². The maximum Gasteiger partial charge on any atom is 0.278 e. The maximum absolute atomic E-state index is 14.4. The van der Waals surface area contributed by atoms with Gasteiger partial charge in [-0.15, -0.1) is 0 Å². The van der Waals surface area contributed by atoms with E-state index >= 15 is 0 Å². The summed E-state index contributed by atoms with van der Waals surface area (Å²) in [4.78, 5) is 30.6. The highest BCUT2D eigenvalue weighted by Gasteiger charge is 2.28. The zero-order chi connectivity index (χ0) is 21.1. The largest absolute Gasteiger partial charge is 0.394 e. The first-order valence-corrected chi connectivity index (χ1v) is 10.1. The zero-order valence-corrected chi connectivity index (χ0v) is 17.8. The van der Waals surface area contributed by atoms with E-state index in [9.17, 15) is 19.1 Å². The third-order valence-corrected chi connectivity index (χ3v) is 5.34. The Labute approximate surface area is 179 Å². The Morgan fingerprint density at radius 2 is 2.21 bits per heavy atom. The van der Waals surface area contributed by atoms with Crippen molar-refractivity contribution >= 4 is 39.9 Å². The van der Waals surface area contributed by atoms with Crippen LogP contribution in [0.25, 0.3) is 0 Å². The molecule has 0 fully saturated rings. The molecule has 29 heavy (non-hydrogen) atoms. The summed E-state index contributed by atoms with van der Waals surface area (Å²) in [6.07, 6.45) is 0.0848. The van der Waals surface area contributed by atoms with Crippen LogP contribution in [0.2, 0.25) is 0 Å². The monoisotopic (exact) mass is 517 g/mol. The molecule has 8 nitrogen and oxygen atoms in total. The van der Waals surface area contributed by atoms with Gasteiger partial charge < -0.3 is 20.1 Å². The van der Waals surface area contributed by atoms with E-state index in [0.29, 0.717) is 28.7 Å². The number of rotatable bonds is 7. The zero-order valence-electron chi connectivity index (χ0n) is 15.7. The van der Waals surface area contributed by atoms with Gasteiger partial charge in [-0.2, -0.15) is 0 Å². The number of aromatic nitrogens is 1. The Morgan fingerprint density at radius 1 is 1.45 bits per heavy atom. The van der Waals surface area contributed by atoms with Crippen LogP contribution >= 0.6 is 22.6 Å². The number of carbonyl (C=O) groups is 1. The number of halogens is 2. The summed E-state index contributed by atoms with van der Waals surface area (Å²) in [6, 6.07) is 4.59. The van der Waals surface area contributed by atoms with Gasteiger partial charge in [0, 0.05) is 21.4 Å². The maximum atomic E-state index is 14.4. The molecule has 1 aromatic heterocycles. The second-order valence-corrected chi connectivity index (χ2v) is 7.96. The molecule has 0 saturated carbocycles. The second-order valence-electron chi connectivity index (χ2n) is 6.71. The van der Waals surface area contributed by atoms with E-state index in [1.165, 1.54) is 12.1 Å². The summed E-state index contributed by atoms with van der Waals surface area (Å²) in [5, 5.41) is 21.1. The van der Waals surface area contributed by atoms with E-state index in [-0.39, 0.29) is 34.7 Å². The Morgan fingerprint density at radius 3 is 2.90 bits per heavy atom. The number of aliphatic hydroxyl groups is 2. The SMILES string of the molecule is Cc1c(Nc2ccc(I)cc2F)c(C(=O)NOC[C@H](O)CO)c2n(c1=O)CCC2. The molecule has 1 aromatic carbocycles. The molecular weight excluding hydrogens is 496 g/mol. The predicted octanol–water partition coefficient (Wildman–Crippen LogP) is 1.60. The first-order valence-electron chi connectivity index (χ1n) is 9.02. The van der Waals surface area contributed by atoms with E-state index < -0.39 is 24.4 Å². The number of hydroxylamine groups is 1. The topological polar surface area (TPSA) is 113 Å². The number of aliphatic hydroxyl groups excluding tert-OH is 2. The number of nitrogens with zero attached hydrogens (tertiary/aromatic N) is 1. The van der Waals surface area contributed by atoms with Crippen LogP contribution in [0.4, 0.5) is 15.8 Å². The molecule has 3 rings (SSSR count). The standard InChI is InChI=1S/C19H21FIN3O5/c1-10-17(22-14-5-4-11(21)7-13(14)20)16(15-3-2-6-24(15)19(10)28)18(27)23-29-9-12(26)8-25/h4-5,7,12,22,25-26H,2-3,6,8-9H2,1H3,(H,23,27)/t12-/m1/s1. The second kappa shape index (κ2) is 9.20. The van der Waals surface area contributed by atoms with Crippen molar-refractivity contribution < 1.29 is 24.2 Å². The summed E-state index contributed by atoms with van der Waals surface area (Å²) in [5.41, 5.74) is 3.37. The fourth-order valence-corrected chi connectivity index (χ4v) is 3.69. The van der Waals surface area contributed by atoms with E-state index in [4.69, 9.17) is 9.94 Å². The van der Waals surface area contributed by atoms with E-state index in [1.54, 1.807) is 17.6 Å². The lowest BCUT2D eigenvalue weighted by molar-refractivity contribution is -0.0295. The van der Waals surface area contributed by atoms with E-state index in [1.807, 2.05) is 22.6 Å². The summed E-state index contributed by atoms with van der Waals surface area (Å²) in [6.45, 7) is 1.26. The van der Waals surface area contributed by atoms with Crippen molar-refractivity contribution in [1.82, 2.24) is 10.0 Å². The van der Waals surface area contributed by atoms with Crippen molar-refractivity contribution in [2.24, 2.45) is 0 Å². The molecule has 0 aliphatic carbocycles. The average Bonchev–Trinajstić information content (AvgIpc) is 3.17. The van der Waals surface area contributed by atoms with Crippen LogP contribution in [0.5, 0.6) is 0 Å². The summed E-state index contributed by atoms with van der Waals surface area (Å²) in [7, 11) is 0.